The maximum Gasteiger partial charge on any atom is 0.241 e. The SMILES string of the molecule is CCS(=O)(=O)c1ccc(S(=O)(=O)N[C@@H]2CCCn3ncnc32)cc1. The number of nitrogens with one attached hydrogen (secondary N) is 1. The van der Waals surface area contributed by atoms with Crippen molar-refractivity contribution in [2.24, 2.45) is 0 Å². The van der Waals surface area contributed by atoms with Gasteiger partial charge in [-0.2, -0.15) is 5.10 Å². The second-order valence-electron chi connectivity index (χ2n) is 5.53. The summed E-state index contributed by atoms with van der Waals surface area (Å²) in [6.07, 6.45) is 2.85. The van der Waals surface area contributed by atoms with Crippen molar-refractivity contribution in [1.29, 1.82) is 0 Å². The maximum absolute atomic E-state index is 12.5. The van der Waals surface area contributed by atoms with Crippen LogP contribution in [-0.4, -0.2) is 37.4 Å². The molecular formula is C14H18N4O4S2. The molecule has 1 atom stereocenters. The number of benzene rings is 1. The van der Waals surface area contributed by atoms with Crippen molar-refractivity contribution in [3.63, 3.8) is 0 Å². The molecule has 0 bridgehead atoms. The molecule has 130 valence electrons. The first-order valence-corrected chi connectivity index (χ1v) is 10.7. The highest BCUT2D eigenvalue weighted by atomic mass is 32.2. The zero-order valence-corrected chi connectivity index (χ0v) is 14.7. The highest BCUT2D eigenvalue weighted by Crippen LogP contribution is 2.25. The molecule has 0 radical (unpaired) electrons. The fourth-order valence-corrected chi connectivity index (χ4v) is 4.76. The molecule has 0 amide bonds. The molecular weight excluding hydrogens is 352 g/mol. The Hall–Kier alpha value is -1.78. The third-order valence-electron chi connectivity index (χ3n) is 3.99. The van der Waals surface area contributed by atoms with Gasteiger partial charge in [0.2, 0.25) is 10.0 Å². The molecule has 0 saturated heterocycles. The predicted octanol–water partition coefficient (Wildman–Crippen LogP) is 0.885. The second-order valence-corrected chi connectivity index (χ2v) is 9.52. The van der Waals surface area contributed by atoms with Crippen LogP contribution in [0.4, 0.5) is 0 Å². The standard InChI is InChI=1S/C14H18N4O4S2/c1-2-23(19,20)11-5-7-12(8-6-11)24(21,22)17-13-4-3-9-18-14(13)15-10-16-18/h5-8,10,13,17H,2-4,9H2,1H3/t13-/m1/s1. The monoisotopic (exact) mass is 370 g/mol. The van der Waals surface area contributed by atoms with Gasteiger partial charge in [-0.15, -0.1) is 0 Å². The Balaban J connectivity index is 1.85. The molecule has 8 nitrogen and oxygen atoms in total. The van der Waals surface area contributed by atoms with Gasteiger partial charge in [-0.3, -0.25) is 0 Å². The average molecular weight is 370 g/mol. The summed E-state index contributed by atoms with van der Waals surface area (Å²) < 4.78 is 53.0. The molecule has 1 aliphatic heterocycles. The Bertz CT molecular complexity index is 933. The lowest BCUT2D eigenvalue weighted by Crippen LogP contribution is -2.33. The van der Waals surface area contributed by atoms with Crippen LogP contribution in [-0.2, 0) is 26.4 Å². The van der Waals surface area contributed by atoms with E-state index in [-0.39, 0.29) is 15.5 Å². The first-order chi connectivity index (χ1) is 11.3. The zero-order chi connectivity index (χ0) is 17.4. The quantitative estimate of drug-likeness (QED) is 0.836. The molecule has 10 heteroatoms. The third kappa shape index (κ3) is 3.21. The normalized spacial score (nSPS) is 18.3. The predicted molar refractivity (Wildman–Crippen MR) is 86.5 cm³/mol. The highest BCUT2D eigenvalue weighted by Gasteiger charge is 2.27. The van der Waals surface area contributed by atoms with E-state index in [0.29, 0.717) is 12.2 Å². The van der Waals surface area contributed by atoms with Gasteiger partial charge in [-0.25, -0.2) is 31.2 Å². The van der Waals surface area contributed by atoms with E-state index < -0.39 is 25.9 Å². The van der Waals surface area contributed by atoms with Crippen LogP contribution in [0, 0.1) is 0 Å². The van der Waals surface area contributed by atoms with Gasteiger partial charge in [0, 0.05) is 6.54 Å². The maximum atomic E-state index is 12.5. The molecule has 0 aliphatic carbocycles. The van der Waals surface area contributed by atoms with Gasteiger partial charge < -0.3 is 0 Å². The van der Waals surface area contributed by atoms with Crippen LogP contribution in [0.25, 0.3) is 0 Å². The van der Waals surface area contributed by atoms with E-state index in [4.69, 9.17) is 0 Å². The third-order valence-corrected chi connectivity index (χ3v) is 7.23. The molecule has 0 spiro atoms. The number of fused-ring (bicyclic) bond motifs is 1. The molecule has 0 fully saturated rings. The minimum Gasteiger partial charge on any atom is -0.248 e. The van der Waals surface area contributed by atoms with E-state index in [2.05, 4.69) is 14.8 Å². The zero-order valence-electron chi connectivity index (χ0n) is 13.1. The van der Waals surface area contributed by atoms with Crippen molar-refractivity contribution >= 4 is 19.9 Å². The number of sulfone groups is 1. The van der Waals surface area contributed by atoms with Crippen LogP contribution >= 0.6 is 0 Å². The summed E-state index contributed by atoms with van der Waals surface area (Å²) >= 11 is 0. The molecule has 2 heterocycles. The number of sulfonamides is 1. The van der Waals surface area contributed by atoms with E-state index in [0.717, 1.165) is 13.0 Å². The summed E-state index contributed by atoms with van der Waals surface area (Å²) in [5.74, 6) is 0.560. The van der Waals surface area contributed by atoms with Crippen LogP contribution < -0.4 is 4.72 Å². The number of aryl methyl sites for hydroxylation is 1. The molecule has 1 aromatic heterocycles. The molecule has 0 unspecified atom stereocenters. The van der Waals surface area contributed by atoms with Crippen LogP contribution in [0.5, 0.6) is 0 Å². The van der Waals surface area contributed by atoms with Gasteiger partial charge in [0.1, 0.15) is 12.2 Å². The first-order valence-electron chi connectivity index (χ1n) is 7.56. The Morgan fingerprint density at radius 1 is 1.17 bits per heavy atom. The van der Waals surface area contributed by atoms with Crippen molar-refractivity contribution in [3.05, 3.63) is 36.4 Å². The van der Waals surface area contributed by atoms with Crippen LogP contribution in [0.1, 0.15) is 31.6 Å². The topological polar surface area (TPSA) is 111 Å². The molecule has 0 saturated carbocycles. The van der Waals surface area contributed by atoms with Gasteiger partial charge in [0.15, 0.2) is 9.84 Å². The largest absolute Gasteiger partial charge is 0.248 e. The minimum atomic E-state index is -3.78. The highest BCUT2D eigenvalue weighted by molar-refractivity contribution is 7.91. The van der Waals surface area contributed by atoms with Crippen molar-refractivity contribution < 1.29 is 16.8 Å². The van der Waals surface area contributed by atoms with Crippen molar-refractivity contribution in [1.82, 2.24) is 19.5 Å². The van der Waals surface area contributed by atoms with E-state index in [1.54, 1.807) is 11.6 Å². The Kier molecular flexibility index (Phi) is 4.45. The summed E-state index contributed by atoms with van der Waals surface area (Å²) in [5, 5.41) is 4.06. The van der Waals surface area contributed by atoms with Gasteiger partial charge in [-0.1, -0.05) is 6.92 Å². The average Bonchev–Trinajstić information content (AvgIpc) is 3.04. The van der Waals surface area contributed by atoms with Gasteiger partial charge in [0.25, 0.3) is 0 Å². The van der Waals surface area contributed by atoms with E-state index >= 15 is 0 Å². The molecule has 1 aliphatic rings. The van der Waals surface area contributed by atoms with E-state index in [1.165, 1.54) is 30.6 Å². The first kappa shape index (κ1) is 17.1. The lowest BCUT2D eigenvalue weighted by molar-refractivity contribution is 0.400. The molecule has 1 aromatic carbocycles. The van der Waals surface area contributed by atoms with Crippen molar-refractivity contribution in [2.75, 3.05) is 5.75 Å². The smallest absolute Gasteiger partial charge is 0.241 e. The molecule has 24 heavy (non-hydrogen) atoms. The van der Waals surface area contributed by atoms with Crippen molar-refractivity contribution in [3.8, 4) is 0 Å². The summed E-state index contributed by atoms with van der Waals surface area (Å²) in [6.45, 7) is 2.26. The van der Waals surface area contributed by atoms with Crippen LogP contribution in [0.2, 0.25) is 0 Å². The number of aromatic nitrogens is 3. The Morgan fingerprint density at radius 2 is 1.83 bits per heavy atom. The van der Waals surface area contributed by atoms with E-state index in [9.17, 15) is 16.8 Å². The number of hydrogen-bond donors (Lipinski definition) is 1. The van der Waals surface area contributed by atoms with Crippen molar-refractivity contribution in [2.45, 2.75) is 42.1 Å². The Morgan fingerprint density at radius 3 is 2.50 bits per heavy atom. The Labute approximate surface area is 140 Å². The number of nitrogens with zero attached hydrogens (tertiary/aromatic N) is 3. The number of rotatable bonds is 5. The molecule has 3 rings (SSSR count). The van der Waals surface area contributed by atoms with Gasteiger partial charge in [0.05, 0.1) is 21.6 Å². The summed E-state index contributed by atoms with van der Waals surface area (Å²) in [4.78, 5) is 4.25. The lowest BCUT2D eigenvalue weighted by atomic mass is 10.1. The van der Waals surface area contributed by atoms with Gasteiger partial charge >= 0.3 is 0 Å². The second kappa shape index (κ2) is 6.26. The fraction of sp³-hybridized carbons (Fsp3) is 0.429. The van der Waals surface area contributed by atoms with Gasteiger partial charge in [-0.05, 0) is 37.1 Å². The summed E-state index contributed by atoms with van der Waals surface area (Å²) in [6, 6.07) is 4.80. The summed E-state index contributed by atoms with van der Waals surface area (Å²) in [5.41, 5.74) is 0. The van der Waals surface area contributed by atoms with Crippen LogP contribution in [0.15, 0.2) is 40.4 Å². The molecule has 1 N–H and O–H groups in total. The van der Waals surface area contributed by atoms with E-state index in [1.807, 2.05) is 0 Å². The fourth-order valence-electron chi connectivity index (χ4n) is 2.65. The minimum absolute atomic E-state index is 0.0224. The summed E-state index contributed by atoms with van der Waals surface area (Å²) in [7, 11) is -7.13. The lowest BCUT2D eigenvalue weighted by Gasteiger charge is -2.23. The number of hydrogen-bond acceptors (Lipinski definition) is 6. The van der Waals surface area contributed by atoms with Crippen LogP contribution in [0.3, 0.4) is 0 Å². The molecule has 2 aromatic rings.